The van der Waals surface area contributed by atoms with Crippen molar-refractivity contribution >= 4 is 23.5 Å². The van der Waals surface area contributed by atoms with Crippen molar-refractivity contribution in [1.82, 2.24) is 0 Å². The Bertz CT molecular complexity index is 1310. The van der Waals surface area contributed by atoms with Crippen LogP contribution < -0.4 is 0 Å². The van der Waals surface area contributed by atoms with E-state index in [1.807, 2.05) is 0 Å². The molecule has 12 nitrogen and oxygen atoms in total. The Kier molecular flexibility index (Phi) is 4.80. The van der Waals surface area contributed by atoms with E-state index in [9.17, 15) is 34.5 Å². The fourth-order valence-corrected chi connectivity index (χ4v) is 10.8. The number of aliphatic hydroxyl groups is 3. The number of esters is 2. The highest BCUT2D eigenvalue weighted by molar-refractivity contribution is 6.13. The van der Waals surface area contributed by atoms with Crippen LogP contribution >= 0.6 is 0 Å². The van der Waals surface area contributed by atoms with Gasteiger partial charge in [0.25, 0.3) is 0 Å². The number of hydrogen-bond acceptors (Lipinski definition) is 12. The first-order valence-electron chi connectivity index (χ1n) is 14.7. The molecule has 224 valence electrons. The molecule has 6 saturated heterocycles. The van der Waals surface area contributed by atoms with Crippen LogP contribution in [0.2, 0.25) is 0 Å². The standard InChI is InChI=1S/C29H36O12/c1-11-18-19(37-22(11)34)17-20-25(3,23(35)26(17,4)36)14(31)8-27-9-28-13(6-5-12(27)21(33)29(20,40-18)41-27)24(2,10-30)38-15(28)7-16(32)39-28/h11-13,15,17-21,30,33,36H,5-10H2,1-4H3/t11-,12+,13-,15+,17-,18+,19+,20-,21+,24-,25-,26+,27-,28+,29-/m0/s1. The molecule has 12 heteroatoms. The molecule has 0 aromatic rings. The summed E-state index contributed by atoms with van der Waals surface area (Å²) in [6.45, 7) is 5.92. The third-order valence-electron chi connectivity index (χ3n) is 12.6. The minimum atomic E-state index is -2.05. The third-order valence-corrected chi connectivity index (χ3v) is 12.6. The topological polar surface area (TPSA) is 175 Å². The van der Waals surface area contributed by atoms with E-state index in [0.29, 0.717) is 12.8 Å². The Hall–Kier alpha value is -1.96. The van der Waals surface area contributed by atoms with Crippen LogP contribution in [-0.4, -0.2) is 98.0 Å². The van der Waals surface area contributed by atoms with Gasteiger partial charge in [-0.05, 0) is 40.5 Å². The molecular formula is C29H36O12. The predicted octanol–water partition coefficient (Wildman–Crippen LogP) is -0.430. The lowest BCUT2D eigenvalue weighted by atomic mass is 9.60. The monoisotopic (exact) mass is 576 g/mol. The molecule has 41 heavy (non-hydrogen) atoms. The van der Waals surface area contributed by atoms with Gasteiger partial charge in [-0.25, -0.2) is 0 Å². The molecule has 6 heterocycles. The summed E-state index contributed by atoms with van der Waals surface area (Å²) in [7, 11) is 0. The Morgan fingerprint density at radius 3 is 2.46 bits per heavy atom. The van der Waals surface area contributed by atoms with E-state index in [1.165, 1.54) is 13.8 Å². The van der Waals surface area contributed by atoms with Crippen LogP contribution in [0.15, 0.2) is 0 Å². The summed E-state index contributed by atoms with van der Waals surface area (Å²) >= 11 is 0. The summed E-state index contributed by atoms with van der Waals surface area (Å²) in [5.74, 6) is -8.14. The van der Waals surface area contributed by atoms with Gasteiger partial charge >= 0.3 is 11.9 Å². The van der Waals surface area contributed by atoms with Gasteiger partial charge in [0.2, 0.25) is 5.79 Å². The molecule has 0 radical (unpaired) electrons. The van der Waals surface area contributed by atoms with Crippen LogP contribution in [0.1, 0.15) is 59.8 Å². The van der Waals surface area contributed by atoms with Gasteiger partial charge in [-0.15, -0.1) is 0 Å². The normalized spacial score (nSPS) is 61.8. The van der Waals surface area contributed by atoms with Crippen molar-refractivity contribution in [1.29, 1.82) is 0 Å². The minimum Gasteiger partial charge on any atom is -0.459 e. The number of Topliss-reactive ketones (excluding diaryl/α,β-unsaturated/α-hetero) is 2. The fourth-order valence-electron chi connectivity index (χ4n) is 10.8. The summed E-state index contributed by atoms with van der Waals surface area (Å²) in [5, 5.41) is 34.3. The second kappa shape index (κ2) is 7.39. The lowest BCUT2D eigenvalue weighted by molar-refractivity contribution is -0.368. The van der Waals surface area contributed by atoms with E-state index in [4.69, 9.17) is 23.7 Å². The minimum absolute atomic E-state index is 0.00632. The predicted molar refractivity (Wildman–Crippen MR) is 131 cm³/mol. The van der Waals surface area contributed by atoms with Gasteiger partial charge < -0.3 is 39.0 Å². The molecule has 6 aliphatic heterocycles. The lowest BCUT2D eigenvalue weighted by Gasteiger charge is -2.52. The molecule has 2 bridgehead atoms. The smallest absolute Gasteiger partial charge is 0.311 e. The first-order valence-corrected chi connectivity index (χ1v) is 14.7. The third kappa shape index (κ3) is 2.67. The van der Waals surface area contributed by atoms with E-state index in [0.717, 1.165) is 0 Å². The summed E-state index contributed by atoms with van der Waals surface area (Å²) in [6, 6.07) is 0. The van der Waals surface area contributed by atoms with Crippen molar-refractivity contribution in [2.75, 3.05) is 6.61 Å². The molecule has 15 atom stereocenters. The van der Waals surface area contributed by atoms with Crippen molar-refractivity contribution in [2.24, 2.45) is 35.0 Å². The molecule has 0 aromatic carbocycles. The quantitative estimate of drug-likeness (QED) is 0.272. The summed E-state index contributed by atoms with van der Waals surface area (Å²) in [5.41, 5.74) is -7.47. The van der Waals surface area contributed by atoms with E-state index < -0.39 is 111 Å². The van der Waals surface area contributed by atoms with Gasteiger partial charge in [0, 0.05) is 36.5 Å². The summed E-state index contributed by atoms with van der Waals surface area (Å²) in [4.78, 5) is 53.9. The van der Waals surface area contributed by atoms with Crippen molar-refractivity contribution < 1.29 is 58.2 Å². The van der Waals surface area contributed by atoms with E-state index in [1.54, 1.807) is 13.8 Å². The van der Waals surface area contributed by atoms with Crippen molar-refractivity contribution in [3.63, 3.8) is 0 Å². The molecule has 0 aromatic heterocycles. The zero-order valence-corrected chi connectivity index (χ0v) is 23.5. The highest BCUT2D eigenvalue weighted by Crippen LogP contribution is 2.72. The van der Waals surface area contributed by atoms with Crippen molar-refractivity contribution in [2.45, 2.75) is 112 Å². The van der Waals surface area contributed by atoms with Crippen LogP contribution in [-0.2, 0) is 42.9 Å². The molecule has 3 N–H and O–H groups in total. The average molecular weight is 577 g/mol. The average Bonchev–Trinajstić information content (AvgIpc) is 3.49. The van der Waals surface area contributed by atoms with Gasteiger partial charge in [0.1, 0.15) is 41.4 Å². The van der Waals surface area contributed by atoms with Gasteiger partial charge in [0.05, 0.1) is 35.6 Å². The van der Waals surface area contributed by atoms with E-state index in [2.05, 4.69) is 0 Å². The van der Waals surface area contributed by atoms with E-state index >= 15 is 0 Å². The summed E-state index contributed by atoms with van der Waals surface area (Å²) in [6.07, 6.45) is -3.50. The molecule has 3 spiro atoms. The number of carbonyl (C=O) groups excluding carboxylic acids is 4. The SMILES string of the molecule is C[C@@H]1C(=O)O[C@H]2[C@@H]1O[C@]13O[C@@]4(CC(=O)[C@]5(C)C(=O)[C@](C)(O)[C@@H]2[C@@H]51)C[C@]12OC(=O)C[C@H]1O[C@@](C)(CO)[C@@H]2CC[C@@H]4[C@H]3O. The second-order valence-corrected chi connectivity index (χ2v) is 14.5. The molecular weight excluding hydrogens is 540 g/mol. The lowest BCUT2D eigenvalue weighted by Crippen LogP contribution is -2.66. The second-order valence-electron chi connectivity index (χ2n) is 14.5. The van der Waals surface area contributed by atoms with Gasteiger partial charge in [-0.1, -0.05) is 0 Å². The number of aliphatic hydroxyl groups excluding tert-OH is 2. The number of hydrogen-bond donors (Lipinski definition) is 3. The Morgan fingerprint density at radius 1 is 1.02 bits per heavy atom. The van der Waals surface area contributed by atoms with Crippen molar-refractivity contribution in [3.05, 3.63) is 0 Å². The maximum atomic E-state index is 14.4. The maximum absolute atomic E-state index is 14.4. The van der Waals surface area contributed by atoms with Gasteiger partial charge in [-0.2, -0.15) is 0 Å². The molecule has 2 aliphatic carbocycles. The summed E-state index contributed by atoms with van der Waals surface area (Å²) < 4.78 is 31.6. The van der Waals surface area contributed by atoms with E-state index in [-0.39, 0.29) is 25.9 Å². The molecule has 0 amide bonds. The van der Waals surface area contributed by atoms with Gasteiger partial charge in [0.15, 0.2) is 5.78 Å². The first-order chi connectivity index (χ1) is 19.1. The number of ketones is 2. The molecule has 0 unspecified atom stereocenters. The Morgan fingerprint density at radius 2 is 1.76 bits per heavy atom. The number of fused-ring (bicyclic) bond motifs is 2. The van der Waals surface area contributed by atoms with Crippen LogP contribution in [0.3, 0.4) is 0 Å². The molecule has 8 rings (SSSR count). The van der Waals surface area contributed by atoms with Crippen molar-refractivity contribution in [3.8, 4) is 0 Å². The van der Waals surface area contributed by atoms with Crippen LogP contribution in [0.5, 0.6) is 0 Å². The molecule has 2 saturated carbocycles. The highest BCUT2D eigenvalue weighted by Gasteiger charge is 2.86. The highest BCUT2D eigenvalue weighted by atomic mass is 16.7. The number of ether oxygens (including phenoxy) is 5. The maximum Gasteiger partial charge on any atom is 0.311 e. The van der Waals surface area contributed by atoms with Crippen LogP contribution in [0, 0.1) is 35.0 Å². The van der Waals surface area contributed by atoms with Crippen LogP contribution in [0.25, 0.3) is 0 Å². The zero-order valence-electron chi connectivity index (χ0n) is 23.5. The zero-order chi connectivity index (χ0) is 29.3. The largest absolute Gasteiger partial charge is 0.459 e. The molecule has 8 fully saturated rings. The number of rotatable bonds is 1. The van der Waals surface area contributed by atoms with Crippen LogP contribution in [0.4, 0.5) is 0 Å². The Balaban J connectivity index is 1.33. The Labute approximate surface area is 236 Å². The number of carbonyl (C=O) groups is 4. The fraction of sp³-hybridized carbons (Fsp3) is 0.862. The van der Waals surface area contributed by atoms with Gasteiger partial charge in [-0.3, -0.25) is 19.2 Å². The molecule has 8 aliphatic rings. The first kappa shape index (κ1) is 26.7.